The molecule has 2 aliphatic rings. The zero-order valence-electron chi connectivity index (χ0n) is 23.7. The Bertz CT molecular complexity index is 1330. The Hall–Kier alpha value is -3.71. The molecule has 0 bridgehead atoms. The number of nitrogens with one attached hydrogen (secondary N) is 1. The molecule has 0 spiro atoms. The topological polar surface area (TPSA) is 97.5 Å². The largest absolute Gasteiger partial charge is 0.453 e. The van der Waals surface area contributed by atoms with Crippen LogP contribution in [0.15, 0.2) is 66.9 Å². The van der Waals surface area contributed by atoms with Crippen LogP contribution in [-0.2, 0) is 15.1 Å². The SMILES string of the molecule is COC(=O)N(C)[C@H]1CC[C@H](CC(=O)Nc2cnc(-c3ccc([C@]4(N)C[C@H](C)C4)cc3)c(-c3ccccc3)c2)CC1. The number of ether oxygens (including phenoxy) is 1. The molecule has 0 radical (unpaired) electrons. The second-order valence-electron chi connectivity index (χ2n) is 11.7. The van der Waals surface area contributed by atoms with Crippen molar-refractivity contribution in [3.63, 3.8) is 0 Å². The van der Waals surface area contributed by atoms with Crippen LogP contribution in [0, 0.1) is 11.8 Å². The molecule has 7 nitrogen and oxygen atoms in total. The Morgan fingerprint density at radius 3 is 2.33 bits per heavy atom. The molecule has 0 unspecified atom stereocenters. The van der Waals surface area contributed by atoms with E-state index in [1.165, 1.54) is 12.7 Å². The number of carbonyl (C=O) groups is 2. The number of nitrogens with zero attached hydrogens (tertiary/aromatic N) is 2. The fourth-order valence-corrected chi connectivity index (χ4v) is 6.48. The maximum atomic E-state index is 13.0. The van der Waals surface area contributed by atoms with Gasteiger partial charge >= 0.3 is 6.09 Å². The molecule has 2 amide bonds. The molecule has 210 valence electrons. The van der Waals surface area contributed by atoms with Gasteiger partial charge in [-0.15, -0.1) is 0 Å². The van der Waals surface area contributed by atoms with Gasteiger partial charge in [-0.05, 0) is 67.6 Å². The first-order valence-corrected chi connectivity index (χ1v) is 14.3. The molecular formula is C33H40N4O3. The van der Waals surface area contributed by atoms with Crippen molar-refractivity contribution < 1.29 is 14.3 Å². The van der Waals surface area contributed by atoms with Gasteiger partial charge in [0.15, 0.2) is 0 Å². The van der Waals surface area contributed by atoms with Gasteiger partial charge < -0.3 is 20.7 Å². The second kappa shape index (κ2) is 11.8. The number of benzene rings is 2. The average Bonchev–Trinajstić information content (AvgIpc) is 2.96. The van der Waals surface area contributed by atoms with E-state index in [1.54, 1.807) is 18.1 Å². The van der Waals surface area contributed by atoms with E-state index in [4.69, 9.17) is 15.5 Å². The quantitative estimate of drug-likeness (QED) is 0.353. The summed E-state index contributed by atoms with van der Waals surface area (Å²) in [5, 5.41) is 3.09. The van der Waals surface area contributed by atoms with Gasteiger partial charge in [0.25, 0.3) is 0 Å². The Labute approximate surface area is 237 Å². The second-order valence-corrected chi connectivity index (χ2v) is 11.7. The summed E-state index contributed by atoms with van der Waals surface area (Å²) in [6.45, 7) is 2.24. The molecule has 3 N–H and O–H groups in total. The van der Waals surface area contributed by atoms with E-state index in [-0.39, 0.29) is 23.6 Å². The van der Waals surface area contributed by atoms with E-state index in [1.807, 2.05) is 24.3 Å². The average molecular weight is 541 g/mol. The van der Waals surface area contributed by atoms with Gasteiger partial charge in [0, 0.05) is 36.2 Å². The molecule has 2 saturated carbocycles. The van der Waals surface area contributed by atoms with Crippen molar-refractivity contribution in [3.8, 4) is 22.4 Å². The van der Waals surface area contributed by atoms with Crippen molar-refractivity contribution in [3.05, 3.63) is 72.4 Å². The van der Waals surface area contributed by atoms with Gasteiger partial charge in [0.1, 0.15) is 0 Å². The number of hydrogen-bond donors (Lipinski definition) is 2. The molecule has 2 fully saturated rings. The summed E-state index contributed by atoms with van der Waals surface area (Å²) in [5.41, 5.74) is 12.2. The number of aromatic nitrogens is 1. The van der Waals surface area contributed by atoms with Crippen LogP contribution in [0.5, 0.6) is 0 Å². The van der Waals surface area contributed by atoms with Crippen LogP contribution >= 0.6 is 0 Å². The van der Waals surface area contributed by atoms with Crippen LogP contribution in [0.4, 0.5) is 10.5 Å². The van der Waals surface area contributed by atoms with E-state index in [0.29, 0.717) is 23.9 Å². The molecule has 0 saturated heterocycles. The van der Waals surface area contributed by atoms with Gasteiger partial charge in [-0.25, -0.2) is 4.79 Å². The molecule has 40 heavy (non-hydrogen) atoms. The fourth-order valence-electron chi connectivity index (χ4n) is 6.48. The van der Waals surface area contributed by atoms with Gasteiger partial charge in [-0.1, -0.05) is 61.5 Å². The zero-order chi connectivity index (χ0) is 28.3. The number of methoxy groups -OCH3 is 1. The predicted molar refractivity (Wildman–Crippen MR) is 159 cm³/mol. The smallest absolute Gasteiger partial charge is 0.409 e. The lowest BCUT2D eigenvalue weighted by Gasteiger charge is -2.44. The molecule has 2 aromatic carbocycles. The summed E-state index contributed by atoms with van der Waals surface area (Å²) in [6, 6.07) is 20.8. The standard InChI is InChI=1S/C33H40N4O3/c1-22-19-33(34,20-22)26-13-11-25(12-14-26)31-29(24-7-5-4-6-8-24)18-27(21-35-31)36-30(38)17-23-9-15-28(16-10-23)37(2)32(39)40-3/h4-8,11-14,18,21-23,28H,9-10,15-17,19-20,34H2,1-3H3,(H,36,38)/t22-,23-,28-,33-. The number of rotatable bonds is 7. The normalized spacial score (nSPS) is 24.1. The lowest BCUT2D eigenvalue weighted by Crippen LogP contribution is -2.47. The van der Waals surface area contributed by atoms with Crippen molar-refractivity contribution in [1.82, 2.24) is 9.88 Å². The lowest BCUT2D eigenvalue weighted by atomic mass is 9.66. The zero-order valence-corrected chi connectivity index (χ0v) is 23.7. The predicted octanol–water partition coefficient (Wildman–Crippen LogP) is 6.59. The minimum atomic E-state index is -0.307. The Kier molecular flexibility index (Phi) is 8.22. The number of anilines is 1. The summed E-state index contributed by atoms with van der Waals surface area (Å²) < 4.78 is 4.84. The van der Waals surface area contributed by atoms with Crippen LogP contribution in [0.3, 0.4) is 0 Å². The van der Waals surface area contributed by atoms with E-state index in [0.717, 1.165) is 60.9 Å². The van der Waals surface area contributed by atoms with E-state index >= 15 is 0 Å². The van der Waals surface area contributed by atoms with Gasteiger partial charge in [-0.3, -0.25) is 9.78 Å². The number of nitrogens with two attached hydrogens (primary N) is 1. The number of amides is 2. The Morgan fingerprint density at radius 1 is 1.02 bits per heavy atom. The van der Waals surface area contributed by atoms with E-state index < -0.39 is 0 Å². The summed E-state index contributed by atoms with van der Waals surface area (Å²) in [7, 11) is 3.18. The molecule has 1 heterocycles. The molecule has 0 aliphatic heterocycles. The first-order chi connectivity index (χ1) is 19.3. The van der Waals surface area contributed by atoms with Crippen molar-refractivity contribution >= 4 is 17.7 Å². The van der Waals surface area contributed by atoms with Crippen LogP contribution in [0.25, 0.3) is 22.4 Å². The third-order valence-electron chi connectivity index (χ3n) is 8.72. The third-order valence-corrected chi connectivity index (χ3v) is 8.72. The molecular weight excluding hydrogens is 500 g/mol. The first kappa shape index (κ1) is 27.8. The molecule has 1 aromatic heterocycles. The van der Waals surface area contributed by atoms with Crippen molar-refractivity contribution in [2.24, 2.45) is 17.6 Å². The van der Waals surface area contributed by atoms with Crippen molar-refractivity contribution in [2.45, 2.75) is 63.5 Å². The minimum absolute atomic E-state index is 0.00865. The van der Waals surface area contributed by atoms with Crippen LogP contribution in [0.1, 0.15) is 57.4 Å². The summed E-state index contributed by atoms with van der Waals surface area (Å²) in [5.74, 6) is 0.957. The van der Waals surface area contributed by atoms with Gasteiger partial charge in [-0.2, -0.15) is 0 Å². The van der Waals surface area contributed by atoms with Gasteiger partial charge in [0.05, 0.1) is 24.7 Å². The highest BCUT2D eigenvalue weighted by Crippen LogP contribution is 2.43. The maximum absolute atomic E-state index is 13.0. The number of pyridine rings is 1. The third kappa shape index (κ3) is 6.04. The lowest BCUT2D eigenvalue weighted by molar-refractivity contribution is -0.117. The van der Waals surface area contributed by atoms with Gasteiger partial charge in [0.2, 0.25) is 5.91 Å². The molecule has 0 atom stereocenters. The highest BCUT2D eigenvalue weighted by atomic mass is 16.5. The van der Waals surface area contributed by atoms with E-state index in [2.05, 4.69) is 48.6 Å². The maximum Gasteiger partial charge on any atom is 0.409 e. The van der Waals surface area contributed by atoms with E-state index in [9.17, 15) is 9.59 Å². The summed E-state index contributed by atoms with van der Waals surface area (Å²) in [6.07, 6.45) is 7.49. The van der Waals surface area contributed by atoms with Crippen molar-refractivity contribution in [1.29, 1.82) is 0 Å². The highest BCUT2D eigenvalue weighted by Gasteiger charge is 2.39. The van der Waals surface area contributed by atoms with Crippen LogP contribution in [0.2, 0.25) is 0 Å². The molecule has 3 aromatic rings. The molecule has 2 aliphatic carbocycles. The molecule has 7 heteroatoms. The number of carbonyl (C=O) groups excluding carboxylic acids is 2. The summed E-state index contributed by atoms with van der Waals surface area (Å²) in [4.78, 5) is 31.3. The highest BCUT2D eigenvalue weighted by molar-refractivity contribution is 5.93. The van der Waals surface area contributed by atoms with Crippen LogP contribution < -0.4 is 11.1 Å². The Morgan fingerprint density at radius 2 is 1.70 bits per heavy atom. The fraction of sp³-hybridized carbons (Fsp3) is 0.424. The Balaban J connectivity index is 1.28. The first-order valence-electron chi connectivity index (χ1n) is 14.3. The minimum Gasteiger partial charge on any atom is -0.453 e. The summed E-state index contributed by atoms with van der Waals surface area (Å²) >= 11 is 0. The number of hydrogen-bond acceptors (Lipinski definition) is 5. The molecule has 5 rings (SSSR count). The van der Waals surface area contributed by atoms with Crippen molar-refractivity contribution in [2.75, 3.05) is 19.5 Å². The monoisotopic (exact) mass is 540 g/mol. The van der Waals surface area contributed by atoms with Crippen LogP contribution in [-0.4, -0.2) is 42.1 Å².